The fourth-order valence-corrected chi connectivity index (χ4v) is 4.20. The molecule has 2 aromatic rings. The molecular weight excluding hydrogens is 418 g/mol. The molecule has 0 fully saturated rings. The lowest BCUT2D eigenvalue weighted by Gasteiger charge is -2.33. The van der Waals surface area contributed by atoms with E-state index in [0.717, 1.165) is 34.6 Å². The molecule has 2 heterocycles. The molecule has 1 aromatic heterocycles. The van der Waals surface area contributed by atoms with E-state index in [9.17, 15) is 9.59 Å². The van der Waals surface area contributed by atoms with E-state index in [4.69, 9.17) is 9.47 Å². The van der Waals surface area contributed by atoms with Crippen molar-refractivity contribution in [3.05, 3.63) is 47.3 Å². The highest BCUT2D eigenvalue weighted by Gasteiger charge is 2.31. The van der Waals surface area contributed by atoms with E-state index >= 15 is 0 Å². The summed E-state index contributed by atoms with van der Waals surface area (Å²) in [6.45, 7) is 14.5. The van der Waals surface area contributed by atoms with Crippen LogP contribution in [0.25, 0.3) is 11.1 Å². The van der Waals surface area contributed by atoms with Gasteiger partial charge in [-0.2, -0.15) is 0 Å². The highest BCUT2D eigenvalue weighted by atomic mass is 16.6. The number of fused-ring (bicyclic) bond motifs is 1. The maximum absolute atomic E-state index is 12.4. The molecular formula is C26H35N3O4. The minimum Gasteiger partial charge on any atom is -0.491 e. The van der Waals surface area contributed by atoms with Crippen molar-refractivity contribution in [3.8, 4) is 16.9 Å². The number of hydrogen-bond donors (Lipinski definition) is 2. The second kappa shape index (κ2) is 9.41. The van der Waals surface area contributed by atoms with Gasteiger partial charge in [-0.3, -0.25) is 9.78 Å². The first-order valence-electron chi connectivity index (χ1n) is 11.4. The molecule has 33 heavy (non-hydrogen) atoms. The normalized spacial score (nSPS) is 15.0. The molecule has 1 atom stereocenters. The maximum Gasteiger partial charge on any atom is 0.408 e. The molecule has 0 aliphatic carbocycles. The SMILES string of the molecule is Cc1cc(-c2ccnc3c2C(=O)NC3)ccc1OC[C@](C)(CC(C)C)NC(=O)OC(C)(C)C. The number of rotatable bonds is 7. The Morgan fingerprint density at radius 1 is 1.21 bits per heavy atom. The second-order valence-corrected chi connectivity index (χ2v) is 10.4. The Balaban J connectivity index is 1.77. The van der Waals surface area contributed by atoms with Crippen molar-refractivity contribution < 1.29 is 19.1 Å². The number of aromatic nitrogens is 1. The number of carbonyl (C=O) groups excluding carboxylic acids is 2. The van der Waals surface area contributed by atoms with Gasteiger partial charge in [-0.1, -0.05) is 19.9 Å². The van der Waals surface area contributed by atoms with Crippen LogP contribution in [0.1, 0.15) is 69.6 Å². The quantitative estimate of drug-likeness (QED) is 0.615. The third-order valence-corrected chi connectivity index (χ3v) is 5.37. The molecule has 2 N–H and O–H groups in total. The monoisotopic (exact) mass is 453 g/mol. The number of pyridine rings is 1. The van der Waals surface area contributed by atoms with E-state index in [1.54, 1.807) is 6.20 Å². The summed E-state index contributed by atoms with van der Waals surface area (Å²) in [7, 11) is 0. The molecule has 0 bridgehead atoms. The summed E-state index contributed by atoms with van der Waals surface area (Å²) in [5, 5.41) is 5.84. The molecule has 0 radical (unpaired) electrons. The van der Waals surface area contributed by atoms with Gasteiger partial charge >= 0.3 is 6.09 Å². The molecule has 1 aromatic carbocycles. The van der Waals surface area contributed by atoms with Gasteiger partial charge in [0.15, 0.2) is 0 Å². The van der Waals surface area contributed by atoms with Gasteiger partial charge in [0.05, 0.1) is 23.3 Å². The van der Waals surface area contributed by atoms with E-state index in [1.165, 1.54) is 0 Å². The van der Waals surface area contributed by atoms with Crippen LogP contribution in [0.15, 0.2) is 30.5 Å². The van der Waals surface area contributed by atoms with Gasteiger partial charge in [-0.05, 0) is 81.8 Å². The highest BCUT2D eigenvalue weighted by molar-refractivity contribution is 6.04. The van der Waals surface area contributed by atoms with Crippen LogP contribution in [-0.4, -0.2) is 34.7 Å². The maximum atomic E-state index is 12.4. The van der Waals surface area contributed by atoms with Crippen LogP contribution in [-0.2, 0) is 11.3 Å². The van der Waals surface area contributed by atoms with Gasteiger partial charge in [0.2, 0.25) is 0 Å². The number of amides is 2. The van der Waals surface area contributed by atoms with Crippen molar-refractivity contribution in [1.29, 1.82) is 0 Å². The van der Waals surface area contributed by atoms with Gasteiger partial charge in [0, 0.05) is 6.20 Å². The number of nitrogens with zero attached hydrogens (tertiary/aromatic N) is 1. The van der Waals surface area contributed by atoms with Crippen molar-refractivity contribution in [2.45, 2.75) is 72.6 Å². The van der Waals surface area contributed by atoms with Gasteiger partial charge in [-0.15, -0.1) is 0 Å². The number of ether oxygens (including phenoxy) is 2. The van der Waals surface area contributed by atoms with Crippen molar-refractivity contribution in [3.63, 3.8) is 0 Å². The Kier molecular flexibility index (Phi) is 7.00. The van der Waals surface area contributed by atoms with Gasteiger partial charge < -0.3 is 20.1 Å². The first kappa shape index (κ1) is 24.6. The summed E-state index contributed by atoms with van der Waals surface area (Å²) in [4.78, 5) is 29.0. The molecule has 7 nitrogen and oxygen atoms in total. The van der Waals surface area contributed by atoms with E-state index in [2.05, 4.69) is 29.5 Å². The smallest absolute Gasteiger partial charge is 0.408 e. The number of hydrogen-bond acceptors (Lipinski definition) is 5. The van der Waals surface area contributed by atoms with Crippen LogP contribution in [0.3, 0.4) is 0 Å². The van der Waals surface area contributed by atoms with Gasteiger partial charge in [-0.25, -0.2) is 4.79 Å². The predicted octanol–water partition coefficient (Wildman–Crippen LogP) is 5.01. The second-order valence-electron chi connectivity index (χ2n) is 10.4. The minimum atomic E-state index is -0.592. The lowest BCUT2D eigenvalue weighted by molar-refractivity contribution is 0.0407. The fraction of sp³-hybridized carbons (Fsp3) is 0.500. The Labute approximate surface area is 196 Å². The van der Waals surface area contributed by atoms with Crippen LogP contribution in [0.4, 0.5) is 4.79 Å². The number of nitrogens with one attached hydrogen (secondary N) is 2. The van der Waals surface area contributed by atoms with Crippen LogP contribution in [0.2, 0.25) is 0 Å². The van der Waals surface area contributed by atoms with Crippen molar-refractivity contribution in [1.82, 2.24) is 15.6 Å². The average molecular weight is 454 g/mol. The molecule has 7 heteroatoms. The Morgan fingerprint density at radius 2 is 1.94 bits per heavy atom. The standard InChI is InChI=1S/C26H35N3O4/c1-16(2)13-26(7,29-24(31)33-25(4,5)6)15-32-21-9-8-18(12-17(21)3)19-10-11-27-20-14-28-23(30)22(19)20/h8-12,16H,13-15H2,1-7H3,(H,28,30)(H,29,31)/t26-/m0/s1. The molecule has 0 spiro atoms. The van der Waals surface area contributed by atoms with Crippen molar-refractivity contribution in [2.75, 3.05) is 6.61 Å². The number of benzene rings is 1. The van der Waals surface area contributed by atoms with Crippen molar-refractivity contribution >= 4 is 12.0 Å². The molecule has 0 saturated carbocycles. The Hall–Kier alpha value is -3.09. The van der Waals surface area contributed by atoms with Crippen molar-refractivity contribution in [2.24, 2.45) is 5.92 Å². The topological polar surface area (TPSA) is 89.5 Å². The summed E-state index contributed by atoms with van der Waals surface area (Å²) >= 11 is 0. The molecule has 2 amide bonds. The van der Waals surface area contributed by atoms with Crippen LogP contribution < -0.4 is 15.4 Å². The van der Waals surface area contributed by atoms with Gasteiger partial charge in [0.25, 0.3) is 5.91 Å². The Bertz CT molecular complexity index is 1040. The van der Waals surface area contributed by atoms with E-state index in [1.807, 2.05) is 58.9 Å². The average Bonchev–Trinajstić information content (AvgIpc) is 3.06. The third kappa shape index (κ3) is 6.24. The molecule has 1 aliphatic rings. The molecule has 1 aliphatic heterocycles. The zero-order chi connectivity index (χ0) is 24.4. The molecule has 3 rings (SSSR count). The highest BCUT2D eigenvalue weighted by Crippen LogP contribution is 2.32. The Morgan fingerprint density at radius 3 is 2.58 bits per heavy atom. The zero-order valence-corrected chi connectivity index (χ0v) is 20.7. The largest absolute Gasteiger partial charge is 0.491 e. The first-order valence-corrected chi connectivity index (χ1v) is 11.4. The lowest BCUT2D eigenvalue weighted by Crippen LogP contribution is -2.52. The lowest BCUT2D eigenvalue weighted by atomic mass is 9.91. The predicted molar refractivity (Wildman–Crippen MR) is 128 cm³/mol. The molecule has 0 saturated heterocycles. The summed E-state index contributed by atoms with van der Waals surface area (Å²) < 4.78 is 11.6. The molecule has 178 valence electrons. The molecule has 0 unspecified atom stereocenters. The summed E-state index contributed by atoms with van der Waals surface area (Å²) in [6, 6.07) is 7.74. The summed E-state index contributed by atoms with van der Waals surface area (Å²) in [6.07, 6.45) is 2.02. The van der Waals surface area contributed by atoms with Crippen LogP contribution >= 0.6 is 0 Å². The zero-order valence-electron chi connectivity index (χ0n) is 20.7. The van der Waals surface area contributed by atoms with Gasteiger partial charge in [0.1, 0.15) is 18.0 Å². The first-order chi connectivity index (χ1) is 15.4. The third-order valence-electron chi connectivity index (χ3n) is 5.37. The van der Waals surface area contributed by atoms with E-state index in [-0.39, 0.29) is 5.91 Å². The number of carbonyl (C=O) groups is 2. The minimum absolute atomic E-state index is 0.0938. The number of alkyl carbamates (subject to hydrolysis) is 1. The number of aryl methyl sites for hydroxylation is 1. The van der Waals surface area contributed by atoms with Crippen LogP contribution in [0.5, 0.6) is 5.75 Å². The fourth-order valence-electron chi connectivity index (χ4n) is 4.20. The van der Waals surface area contributed by atoms with E-state index < -0.39 is 17.2 Å². The van der Waals surface area contributed by atoms with E-state index in [0.29, 0.717) is 24.6 Å². The summed E-state index contributed by atoms with van der Waals surface area (Å²) in [5.74, 6) is 0.996. The van der Waals surface area contributed by atoms with Crippen LogP contribution in [0, 0.1) is 12.8 Å². The summed E-state index contributed by atoms with van der Waals surface area (Å²) in [5.41, 5.74) is 2.99.